The maximum atomic E-state index is 13.2. The first-order valence-electron chi connectivity index (χ1n) is 9.64. The lowest BCUT2D eigenvalue weighted by atomic mass is 9.93. The molecule has 5 rings (SSSR count). The summed E-state index contributed by atoms with van der Waals surface area (Å²) in [5.74, 6) is 1.46. The van der Waals surface area contributed by atoms with Crippen molar-refractivity contribution in [3.8, 4) is 22.6 Å². The Morgan fingerprint density at radius 3 is 2.59 bits per heavy atom. The summed E-state index contributed by atoms with van der Waals surface area (Å²) in [7, 11) is 0. The van der Waals surface area contributed by atoms with Gasteiger partial charge in [-0.1, -0.05) is 41.9 Å². The van der Waals surface area contributed by atoms with E-state index in [1.54, 1.807) is 0 Å². The fourth-order valence-corrected chi connectivity index (χ4v) is 4.14. The number of carbonyl (C=O) groups excluding carboxylic acids is 1. The van der Waals surface area contributed by atoms with E-state index in [9.17, 15) is 4.79 Å². The van der Waals surface area contributed by atoms with Gasteiger partial charge >= 0.3 is 0 Å². The van der Waals surface area contributed by atoms with Crippen LogP contribution in [0.15, 0.2) is 60.7 Å². The number of carbonyl (C=O) groups is 1. The Labute approximate surface area is 174 Å². The largest absolute Gasteiger partial charge is 0.454 e. The van der Waals surface area contributed by atoms with Gasteiger partial charge in [-0.25, -0.2) is 0 Å². The molecule has 3 aromatic rings. The highest BCUT2D eigenvalue weighted by Crippen LogP contribution is 2.51. The molecule has 0 radical (unpaired) electrons. The zero-order chi connectivity index (χ0) is 20.0. The fraction of sp³-hybridized carbons (Fsp3) is 0.208. The Hall–Kier alpha value is -2.98. The van der Waals surface area contributed by atoms with Crippen LogP contribution in [-0.4, -0.2) is 12.7 Å². The van der Waals surface area contributed by atoms with Crippen molar-refractivity contribution in [1.82, 2.24) is 0 Å². The molecule has 1 fully saturated rings. The molecule has 3 aromatic carbocycles. The molecule has 4 nitrogen and oxygen atoms in total. The molecule has 0 spiro atoms. The Bertz CT molecular complexity index is 1120. The van der Waals surface area contributed by atoms with Crippen molar-refractivity contribution in [3.63, 3.8) is 0 Å². The predicted octanol–water partition coefficient (Wildman–Crippen LogP) is 5.71. The van der Waals surface area contributed by atoms with E-state index >= 15 is 0 Å². The number of rotatable bonds is 4. The van der Waals surface area contributed by atoms with Gasteiger partial charge in [0.2, 0.25) is 12.7 Å². The molecule has 5 heteroatoms. The third kappa shape index (κ3) is 3.14. The number of hydrogen-bond donors (Lipinski definition) is 1. The fourth-order valence-electron chi connectivity index (χ4n) is 3.95. The third-order valence-electron chi connectivity index (χ3n) is 5.83. The number of fused-ring (bicyclic) bond motifs is 1. The van der Waals surface area contributed by atoms with Crippen LogP contribution in [0.4, 0.5) is 5.69 Å². The number of anilines is 1. The van der Waals surface area contributed by atoms with Crippen LogP contribution in [0, 0.1) is 6.92 Å². The number of hydrogen-bond acceptors (Lipinski definition) is 3. The molecule has 0 bridgehead atoms. The molecule has 2 aliphatic rings. The van der Waals surface area contributed by atoms with E-state index in [2.05, 4.69) is 5.32 Å². The highest BCUT2D eigenvalue weighted by atomic mass is 35.5. The summed E-state index contributed by atoms with van der Waals surface area (Å²) in [5.41, 5.74) is 4.40. The van der Waals surface area contributed by atoms with Gasteiger partial charge in [-0.15, -0.1) is 0 Å². The first-order valence-corrected chi connectivity index (χ1v) is 10.0. The van der Waals surface area contributed by atoms with Crippen molar-refractivity contribution < 1.29 is 14.3 Å². The second-order valence-electron chi connectivity index (χ2n) is 7.59. The van der Waals surface area contributed by atoms with Gasteiger partial charge in [0.25, 0.3) is 0 Å². The van der Waals surface area contributed by atoms with E-state index in [4.69, 9.17) is 21.1 Å². The average Bonchev–Trinajstić information content (AvgIpc) is 3.40. The average molecular weight is 406 g/mol. The maximum absolute atomic E-state index is 13.2. The van der Waals surface area contributed by atoms with Crippen molar-refractivity contribution in [2.45, 2.75) is 25.2 Å². The monoisotopic (exact) mass is 405 g/mol. The molecule has 0 unspecified atom stereocenters. The predicted molar refractivity (Wildman–Crippen MR) is 114 cm³/mol. The lowest BCUT2D eigenvalue weighted by Gasteiger charge is -2.18. The molecule has 1 aliphatic carbocycles. The summed E-state index contributed by atoms with van der Waals surface area (Å²) >= 11 is 6.16. The highest BCUT2D eigenvalue weighted by molar-refractivity contribution is 6.30. The molecular weight excluding hydrogens is 386 g/mol. The molecule has 1 aliphatic heterocycles. The van der Waals surface area contributed by atoms with Crippen LogP contribution in [0.1, 0.15) is 24.0 Å². The topological polar surface area (TPSA) is 47.6 Å². The minimum absolute atomic E-state index is 0.0164. The lowest BCUT2D eigenvalue weighted by molar-refractivity contribution is -0.118. The van der Waals surface area contributed by atoms with Crippen molar-refractivity contribution >= 4 is 23.2 Å². The second kappa shape index (κ2) is 6.82. The molecule has 29 heavy (non-hydrogen) atoms. The van der Waals surface area contributed by atoms with Crippen LogP contribution < -0.4 is 14.8 Å². The van der Waals surface area contributed by atoms with Crippen molar-refractivity contribution in [1.29, 1.82) is 0 Å². The van der Waals surface area contributed by atoms with Crippen LogP contribution in [0.5, 0.6) is 11.5 Å². The Balaban J connectivity index is 1.43. The zero-order valence-electron chi connectivity index (χ0n) is 16.0. The minimum Gasteiger partial charge on any atom is -0.454 e. The summed E-state index contributed by atoms with van der Waals surface area (Å²) in [4.78, 5) is 13.2. The lowest BCUT2D eigenvalue weighted by Crippen LogP contribution is -2.28. The van der Waals surface area contributed by atoms with Crippen molar-refractivity contribution in [3.05, 3.63) is 76.8 Å². The summed E-state index contributed by atoms with van der Waals surface area (Å²) < 4.78 is 10.9. The number of ether oxygens (including phenoxy) is 2. The van der Waals surface area contributed by atoms with E-state index in [-0.39, 0.29) is 12.7 Å². The third-order valence-corrected chi connectivity index (χ3v) is 6.06. The first-order chi connectivity index (χ1) is 14.1. The summed E-state index contributed by atoms with van der Waals surface area (Å²) in [6.45, 7) is 2.25. The molecule has 146 valence electrons. The van der Waals surface area contributed by atoms with E-state index < -0.39 is 5.41 Å². The molecular formula is C24H20ClNO3. The van der Waals surface area contributed by atoms with Crippen molar-refractivity contribution in [2.75, 3.05) is 12.1 Å². The van der Waals surface area contributed by atoms with Gasteiger partial charge in [0.15, 0.2) is 11.5 Å². The first kappa shape index (κ1) is 18.1. The summed E-state index contributed by atoms with van der Waals surface area (Å²) in [5, 5.41) is 3.85. The molecule has 1 amide bonds. The van der Waals surface area contributed by atoms with Crippen LogP contribution in [0.3, 0.4) is 0 Å². The number of benzene rings is 3. The Morgan fingerprint density at radius 1 is 1.00 bits per heavy atom. The number of nitrogens with one attached hydrogen (secondary N) is 1. The minimum atomic E-state index is -0.501. The molecule has 0 atom stereocenters. The summed E-state index contributed by atoms with van der Waals surface area (Å²) in [6, 6.07) is 19.5. The normalized spacial score (nSPS) is 15.8. The molecule has 0 aromatic heterocycles. The quantitative estimate of drug-likeness (QED) is 0.604. The van der Waals surface area contributed by atoms with Gasteiger partial charge in [0.05, 0.1) is 5.41 Å². The van der Waals surface area contributed by atoms with Crippen LogP contribution in [0.2, 0.25) is 5.02 Å². The molecule has 1 N–H and O–H groups in total. The van der Waals surface area contributed by atoms with Crippen LogP contribution in [0.25, 0.3) is 11.1 Å². The number of amides is 1. The van der Waals surface area contributed by atoms with Crippen LogP contribution in [-0.2, 0) is 10.2 Å². The summed E-state index contributed by atoms with van der Waals surface area (Å²) in [6.07, 6.45) is 1.65. The number of halogens is 1. The van der Waals surface area contributed by atoms with Gasteiger partial charge in [-0.2, -0.15) is 0 Å². The highest BCUT2D eigenvalue weighted by Gasteiger charge is 2.51. The smallest absolute Gasteiger partial charge is 0.235 e. The molecule has 1 saturated carbocycles. The SMILES string of the molecule is Cc1c(NC(=O)C2(c3ccc4c(c3)OCO4)CC2)cccc1-c1cccc(Cl)c1. The van der Waals surface area contributed by atoms with E-state index in [1.807, 2.05) is 67.6 Å². The van der Waals surface area contributed by atoms with Gasteiger partial charge in [0, 0.05) is 10.7 Å². The van der Waals surface area contributed by atoms with Crippen LogP contribution >= 0.6 is 11.6 Å². The Kier molecular flexibility index (Phi) is 4.25. The molecule has 1 heterocycles. The van der Waals surface area contributed by atoms with Crippen molar-refractivity contribution in [2.24, 2.45) is 0 Å². The van der Waals surface area contributed by atoms with E-state index in [1.165, 1.54) is 0 Å². The van der Waals surface area contributed by atoms with Gasteiger partial charge in [-0.3, -0.25) is 4.79 Å². The Morgan fingerprint density at radius 2 is 1.79 bits per heavy atom. The van der Waals surface area contributed by atoms with E-state index in [0.717, 1.165) is 46.5 Å². The van der Waals surface area contributed by atoms with Gasteiger partial charge < -0.3 is 14.8 Å². The standard InChI is InChI=1S/C24H20ClNO3/c1-15-19(16-4-2-5-18(25)12-16)6-3-7-20(15)26-23(27)24(10-11-24)17-8-9-21-22(13-17)29-14-28-21/h2-9,12-13H,10-11,14H2,1H3,(H,26,27). The van der Waals surface area contributed by atoms with Gasteiger partial charge in [-0.05, 0) is 72.4 Å². The maximum Gasteiger partial charge on any atom is 0.235 e. The second-order valence-corrected chi connectivity index (χ2v) is 8.03. The zero-order valence-corrected chi connectivity index (χ0v) is 16.8. The van der Waals surface area contributed by atoms with Gasteiger partial charge in [0.1, 0.15) is 0 Å². The van der Waals surface area contributed by atoms with E-state index in [0.29, 0.717) is 10.8 Å². The molecule has 0 saturated heterocycles.